The largest absolute Gasteiger partial charge is 0.353 e. The first kappa shape index (κ1) is 23.3. The van der Waals surface area contributed by atoms with Crippen molar-refractivity contribution in [2.24, 2.45) is 11.8 Å². The summed E-state index contributed by atoms with van der Waals surface area (Å²) >= 11 is 6.55. The number of aromatic nitrogens is 1. The molecule has 0 bridgehead atoms. The van der Waals surface area contributed by atoms with Gasteiger partial charge in [0.05, 0.1) is 17.1 Å². The number of halogens is 1. The van der Waals surface area contributed by atoms with Crippen LogP contribution in [0.15, 0.2) is 12.3 Å². The van der Waals surface area contributed by atoms with Crippen molar-refractivity contribution < 1.29 is 9.59 Å². The van der Waals surface area contributed by atoms with E-state index in [0.29, 0.717) is 29.0 Å². The molecule has 0 saturated carbocycles. The number of pyridine rings is 1. The molecule has 176 valence electrons. The molecule has 0 spiro atoms. The number of hydrogen-bond acceptors (Lipinski definition) is 5. The number of carbonyl (C=O) groups excluding carboxylic acids is 2. The highest BCUT2D eigenvalue weighted by Gasteiger charge is 2.28. The second-order valence-corrected chi connectivity index (χ2v) is 10.3. The summed E-state index contributed by atoms with van der Waals surface area (Å²) in [4.78, 5) is 38.4. The van der Waals surface area contributed by atoms with Crippen LogP contribution in [0, 0.1) is 11.8 Å². The van der Waals surface area contributed by atoms with E-state index in [0.717, 1.165) is 71.0 Å². The molecule has 2 amide bonds. The summed E-state index contributed by atoms with van der Waals surface area (Å²) in [5.74, 6) is 2.16. The molecular weight excluding hydrogens is 426 g/mol. The van der Waals surface area contributed by atoms with Crippen molar-refractivity contribution >= 4 is 29.2 Å². The number of rotatable bonds is 4. The van der Waals surface area contributed by atoms with Gasteiger partial charge < -0.3 is 14.7 Å². The summed E-state index contributed by atoms with van der Waals surface area (Å²) in [7, 11) is 0. The minimum absolute atomic E-state index is 0.0235. The number of likely N-dealkylation sites (tertiary alicyclic amines) is 2. The van der Waals surface area contributed by atoms with Gasteiger partial charge in [-0.3, -0.25) is 14.5 Å². The number of piperidine rings is 2. The first-order chi connectivity index (χ1) is 15.4. The molecule has 3 aliphatic heterocycles. The van der Waals surface area contributed by atoms with E-state index in [1.807, 2.05) is 9.80 Å². The van der Waals surface area contributed by atoms with Crippen LogP contribution in [0.25, 0.3) is 0 Å². The summed E-state index contributed by atoms with van der Waals surface area (Å²) < 4.78 is 0. The fourth-order valence-electron chi connectivity index (χ4n) is 5.34. The molecule has 0 N–H and O–H groups in total. The Morgan fingerprint density at radius 1 is 0.969 bits per heavy atom. The Morgan fingerprint density at radius 3 is 2.25 bits per heavy atom. The second kappa shape index (κ2) is 10.4. The molecule has 0 aliphatic carbocycles. The van der Waals surface area contributed by atoms with E-state index < -0.39 is 0 Å². The van der Waals surface area contributed by atoms with Crippen LogP contribution in [0.2, 0.25) is 5.02 Å². The van der Waals surface area contributed by atoms with Gasteiger partial charge in [-0.05, 0) is 43.6 Å². The molecule has 1 aromatic heterocycles. The molecule has 32 heavy (non-hydrogen) atoms. The van der Waals surface area contributed by atoms with E-state index in [1.165, 1.54) is 12.8 Å². The molecular formula is C24H36ClN5O2. The van der Waals surface area contributed by atoms with Crippen molar-refractivity contribution in [3.05, 3.63) is 22.8 Å². The van der Waals surface area contributed by atoms with Crippen molar-refractivity contribution in [2.75, 3.05) is 63.8 Å². The molecule has 3 fully saturated rings. The monoisotopic (exact) mass is 461 g/mol. The van der Waals surface area contributed by atoms with Gasteiger partial charge in [0.25, 0.3) is 5.91 Å². The summed E-state index contributed by atoms with van der Waals surface area (Å²) in [5.41, 5.74) is 0.565. The van der Waals surface area contributed by atoms with Gasteiger partial charge in [0.15, 0.2) is 0 Å². The van der Waals surface area contributed by atoms with Gasteiger partial charge in [-0.1, -0.05) is 25.4 Å². The van der Waals surface area contributed by atoms with Crippen LogP contribution in [0.1, 0.15) is 49.9 Å². The zero-order chi connectivity index (χ0) is 22.7. The Labute approximate surface area is 196 Å². The minimum Gasteiger partial charge on any atom is -0.353 e. The smallest absolute Gasteiger partial charge is 0.255 e. The third kappa shape index (κ3) is 5.54. The number of carbonyl (C=O) groups is 2. The quantitative estimate of drug-likeness (QED) is 0.689. The van der Waals surface area contributed by atoms with Crippen LogP contribution in [-0.2, 0) is 4.79 Å². The lowest BCUT2D eigenvalue weighted by Crippen LogP contribution is -2.52. The van der Waals surface area contributed by atoms with E-state index in [2.05, 4.69) is 28.6 Å². The van der Waals surface area contributed by atoms with Crippen LogP contribution >= 0.6 is 11.6 Å². The molecule has 0 radical (unpaired) electrons. The van der Waals surface area contributed by atoms with Gasteiger partial charge in [-0.25, -0.2) is 4.98 Å². The van der Waals surface area contributed by atoms with Gasteiger partial charge in [-0.15, -0.1) is 0 Å². The fraction of sp³-hybridized carbons (Fsp3) is 0.708. The Balaban J connectivity index is 1.30. The highest BCUT2D eigenvalue weighted by Crippen LogP contribution is 2.26. The SMILES string of the molecule is CC1CC(C)CN(C(=O)CN2CCN(c3ncc(C(=O)N4CCCCC4)cc3Cl)CC2)C1. The van der Waals surface area contributed by atoms with Gasteiger partial charge >= 0.3 is 0 Å². The Hall–Kier alpha value is -1.86. The van der Waals surface area contributed by atoms with Crippen molar-refractivity contribution in [3.8, 4) is 0 Å². The van der Waals surface area contributed by atoms with E-state index in [4.69, 9.17) is 11.6 Å². The van der Waals surface area contributed by atoms with E-state index >= 15 is 0 Å². The summed E-state index contributed by atoms with van der Waals surface area (Å²) in [6.45, 7) is 11.5. The van der Waals surface area contributed by atoms with E-state index in [-0.39, 0.29) is 11.8 Å². The van der Waals surface area contributed by atoms with Gasteiger partial charge in [-0.2, -0.15) is 0 Å². The molecule has 4 heterocycles. The second-order valence-electron chi connectivity index (χ2n) is 9.89. The summed E-state index contributed by atoms with van der Waals surface area (Å²) in [6.07, 6.45) is 6.18. The molecule has 0 aromatic carbocycles. The van der Waals surface area contributed by atoms with E-state index in [9.17, 15) is 9.59 Å². The lowest BCUT2D eigenvalue weighted by Gasteiger charge is -2.38. The molecule has 8 heteroatoms. The van der Waals surface area contributed by atoms with Crippen molar-refractivity contribution in [2.45, 2.75) is 39.5 Å². The van der Waals surface area contributed by atoms with E-state index in [1.54, 1.807) is 12.3 Å². The third-order valence-corrected chi connectivity index (χ3v) is 7.24. The van der Waals surface area contributed by atoms with Crippen LogP contribution in [0.5, 0.6) is 0 Å². The maximum atomic E-state index is 12.8. The molecule has 7 nitrogen and oxygen atoms in total. The third-order valence-electron chi connectivity index (χ3n) is 6.96. The number of piperazine rings is 1. The zero-order valence-electron chi connectivity index (χ0n) is 19.4. The predicted octanol–water partition coefficient (Wildman–Crippen LogP) is 2.99. The normalized spacial score (nSPS) is 25.2. The van der Waals surface area contributed by atoms with Gasteiger partial charge in [0, 0.05) is 58.6 Å². The maximum absolute atomic E-state index is 12.8. The Bertz CT molecular complexity index is 811. The zero-order valence-corrected chi connectivity index (χ0v) is 20.2. The molecule has 3 saturated heterocycles. The molecule has 3 aliphatic rings. The lowest BCUT2D eigenvalue weighted by molar-refractivity contribution is -0.135. The van der Waals surface area contributed by atoms with Crippen molar-refractivity contribution in [1.29, 1.82) is 0 Å². The Kier molecular flexibility index (Phi) is 7.56. The highest BCUT2D eigenvalue weighted by molar-refractivity contribution is 6.33. The van der Waals surface area contributed by atoms with Crippen LogP contribution in [-0.4, -0.2) is 90.4 Å². The summed E-state index contributed by atoms with van der Waals surface area (Å²) in [5, 5.41) is 0.522. The predicted molar refractivity (Wildman–Crippen MR) is 127 cm³/mol. The minimum atomic E-state index is 0.0235. The summed E-state index contributed by atoms with van der Waals surface area (Å²) in [6, 6.07) is 1.76. The number of anilines is 1. The highest BCUT2D eigenvalue weighted by atomic mass is 35.5. The lowest BCUT2D eigenvalue weighted by atomic mass is 9.92. The molecule has 4 rings (SSSR count). The number of hydrogen-bond donors (Lipinski definition) is 0. The molecule has 2 unspecified atom stereocenters. The first-order valence-corrected chi connectivity index (χ1v) is 12.5. The maximum Gasteiger partial charge on any atom is 0.255 e. The van der Waals surface area contributed by atoms with Crippen LogP contribution in [0.4, 0.5) is 5.82 Å². The number of amides is 2. The average molecular weight is 462 g/mol. The molecule has 1 aromatic rings. The fourth-order valence-corrected chi connectivity index (χ4v) is 5.62. The first-order valence-electron chi connectivity index (χ1n) is 12.1. The number of nitrogens with zero attached hydrogens (tertiary/aromatic N) is 5. The van der Waals surface area contributed by atoms with Crippen molar-refractivity contribution in [3.63, 3.8) is 0 Å². The van der Waals surface area contributed by atoms with Gasteiger partial charge in [0.1, 0.15) is 5.82 Å². The molecule has 2 atom stereocenters. The average Bonchev–Trinajstić information content (AvgIpc) is 2.79. The van der Waals surface area contributed by atoms with Crippen molar-refractivity contribution in [1.82, 2.24) is 19.7 Å². The topological polar surface area (TPSA) is 60.0 Å². The van der Waals surface area contributed by atoms with Gasteiger partial charge in [0.2, 0.25) is 5.91 Å². The van der Waals surface area contributed by atoms with Crippen LogP contribution in [0.3, 0.4) is 0 Å². The standard InChI is InChI=1S/C24H36ClN5O2/c1-18-12-19(2)16-30(15-18)22(31)17-27-8-10-28(11-9-27)23-21(25)13-20(14-26-23)24(32)29-6-4-3-5-7-29/h13-14,18-19H,3-12,15-17H2,1-2H3. The Morgan fingerprint density at radius 2 is 1.62 bits per heavy atom. The van der Waals surface area contributed by atoms with Crippen LogP contribution < -0.4 is 4.90 Å².